The van der Waals surface area contributed by atoms with Crippen molar-refractivity contribution in [3.8, 4) is 39.9 Å². The van der Waals surface area contributed by atoms with Crippen LogP contribution < -0.4 is 18.9 Å². The lowest BCUT2D eigenvalue weighted by Gasteiger charge is -2.41. The molecule has 1 atom stereocenters. The van der Waals surface area contributed by atoms with Crippen LogP contribution in [0.2, 0.25) is 0 Å². The number of hydrogen-bond acceptors (Lipinski definition) is 6. The minimum absolute atomic E-state index is 0.163. The van der Waals surface area contributed by atoms with Crippen molar-refractivity contribution in [1.29, 1.82) is 0 Å². The molecule has 2 aromatic rings. The molecule has 27 heavy (non-hydrogen) atoms. The van der Waals surface area contributed by atoms with Gasteiger partial charge in [0.05, 0.1) is 28.4 Å². The lowest BCUT2D eigenvalue weighted by atomic mass is 9.76. The van der Waals surface area contributed by atoms with E-state index >= 15 is 0 Å². The first-order valence-electron chi connectivity index (χ1n) is 9.00. The van der Waals surface area contributed by atoms with Crippen molar-refractivity contribution in [2.45, 2.75) is 18.9 Å². The molecule has 0 aromatic heterocycles. The first-order chi connectivity index (χ1) is 13.0. The van der Waals surface area contributed by atoms with Crippen molar-refractivity contribution >= 4 is 0 Å². The molecule has 0 spiro atoms. The maximum atomic E-state index is 10.6. The lowest BCUT2D eigenvalue weighted by molar-refractivity contribution is 0.224. The number of likely N-dealkylation sites (N-methyl/N-ethyl adjacent to an activating group) is 1. The van der Waals surface area contributed by atoms with Gasteiger partial charge in [-0.15, -0.1) is 0 Å². The van der Waals surface area contributed by atoms with Crippen LogP contribution >= 0.6 is 0 Å². The van der Waals surface area contributed by atoms with Crippen molar-refractivity contribution in [2.24, 2.45) is 0 Å². The Morgan fingerprint density at radius 2 is 1.67 bits per heavy atom. The summed E-state index contributed by atoms with van der Waals surface area (Å²) in [5, 5.41) is 10.6. The number of benzene rings is 2. The van der Waals surface area contributed by atoms with Gasteiger partial charge in [0.2, 0.25) is 5.75 Å². The molecule has 2 aliphatic rings. The van der Waals surface area contributed by atoms with Crippen molar-refractivity contribution in [3.63, 3.8) is 0 Å². The summed E-state index contributed by atoms with van der Waals surface area (Å²) < 4.78 is 22.5. The van der Waals surface area contributed by atoms with Gasteiger partial charge in [-0.2, -0.15) is 0 Å². The molecule has 0 fully saturated rings. The van der Waals surface area contributed by atoms with Crippen LogP contribution in [0.15, 0.2) is 12.1 Å². The lowest BCUT2D eigenvalue weighted by Crippen LogP contribution is -2.35. The minimum atomic E-state index is 0.163. The number of ether oxygens (including phenoxy) is 4. The Bertz CT molecular complexity index is 908. The van der Waals surface area contributed by atoms with Gasteiger partial charge in [0.1, 0.15) is 0 Å². The topological polar surface area (TPSA) is 60.4 Å². The van der Waals surface area contributed by atoms with Crippen LogP contribution in [0, 0.1) is 0 Å². The van der Waals surface area contributed by atoms with Gasteiger partial charge in [0.25, 0.3) is 0 Å². The van der Waals surface area contributed by atoms with Crippen LogP contribution in [0.5, 0.6) is 28.7 Å². The number of nitrogens with zero attached hydrogens (tertiary/aromatic N) is 1. The normalized spacial score (nSPS) is 17.7. The zero-order valence-corrected chi connectivity index (χ0v) is 16.4. The number of rotatable bonds is 4. The largest absolute Gasteiger partial charge is 0.504 e. The third-order valence-corrected chi connectivity index (χ3v) is 5.79. The number of fused-ring (bicyclic) bond motifs is 2. The van der Waals surface area contributed by atoms with E-state index in [4.69, 9.17) is 18.9 Å². The molecule has 0 saturated heterocycles. The van der Waals surface area contributed by atoms with E-state index in [1.54, 1.807) is 28.4 Å². The molecule has 0 radical (unpaired) electrons. The maximum absolute atomic E-state index is 10.6. The van der Waals surface area contributed by atoms with Gasteiger partial charge < -0.3 is 24.1 Å². The number of aromatic hydroxyl groups is 1. The second-order valence-corrected chi connectivity index (χ2v) is 7.00. The van der Waals surface area contributed by atoms with E-state index in [1.807, 2.05) is 12.1 Å². The third-order valence-electron chi connectivity index (χ3n) is 5.79. The monoisotopic (exact) mass is 371 g/mol. The molecule has 6 heteroatoms. The van der Waals surface area contributed by atoms with Gasteiger partial charge in [0, 0.05) is 23.7 Å². The quantitative estimate of drug-likeness (QED) is 0.891. The molecule has 0 amide bonds. The van der Waals surface area contributed by atoms with Crippen LogP contribution in [-0.2, 0) is 12.8 Å². The zero-order valence-electron chi connectivity index (χ0n) is 16.4. The third kappa shape index (κ3) is 2.43. The van der Waals surface area contributed by atoms with E-state index in [2.05, 4.69) is 11.9 Å². The van der Waals surface area contributed by atoms with Crippen LogP contribution in [0.4, 0.5) is 0 Å². The summed E-state index contributed by atoms with van der Waals surface area (Å²) in [6.45, 7) is 0.938. The van der Waals surface area contributed by atoms with Crippen molar-refractivity contribution < 1.29 is 24.1 Å². The first kappa shape index (κ1) is 17.8. The van der Waals surface area contributed by atoms with Gasteiger partial charge in [-0.1, -0.05) is 0 Å². The van der Waals surface area contributed by atoms with Gasteiger partial charge >= 0.3 is 0 Å². The Morgan fingerprint density at radius 1 is 0.963 bits per heavy atom. The van der Waals surface area contributed by atoms with Gasteiger partial charge in [0.15, 0.2) is 23.0 Å². The molecular weight excluding hydrogens is 346 g/mol. The fourth-order valence-corrected chi connectivity index (χ4v) is 4.55. The Hall–Kier alpha value is -2.60. The highest BCUT2D eigenvalue weighted by molar-refractivity contribution is 5.87. The molecule has 1 aliphatic carbocycles. The molecular formula is C21H25NO5. The Labute approximate surface area is 159 Å². The van der Waals surface area contributed by atoms with Crippen molar-refractivity contribution in [1.82, 2.24) is 4.90 Å². The smallest absolute Gasteiger partial charge is 0.203 e. The molecule has 1 heterocycles. The van der Waals surface area contributed by atoms with E-state index in [1.165, 1.54) is 11.1 Å². The second-order valence-electron chi connectivity index (χ2n) is 7.00. The van der Waals surface area contributed by atoms with Gasteiger partial charge in [-0.25, -0.2) is 0 Å². The number of methoxy groups -OCH3 is 4. The molecule has 0 saturated carbocycles. The minimum Gasteiger partial charge on any atom is -0.504 e. The van der Waals surface area contributed by atoms with Crippen molar-refractivity contribution in [2.75, 3.05) is 42.0 Å². The highest BCUT2D eigenvalue weighted by Gasteiger charge is 2.38. The summed E-state index contributed by atoms with van der Waals surface area (Å²) in [4.78, 5) is 2.35. The first-order valence-corrected chi connectivity index (χ1v) is 9.00. The highest BCUT2D eigenvalue weighted by atomic mass is 16.5. The number of phenolic OH excluding ortho intramolecular Hbond substituents is 1. The fraction of sp³-hybridized carbons (Fsp3) is 0.429. The average molecular weight is 371 g/mol. The predicted molar refractivity (Wildman–Crippen MR) is 103 cm³/mol. The van der Waals surface area contributed by atoms with E-state index in [9.17, 15) is 5.11 Å². The Kier molecular flexibility index (Phi) is 4.30. The molecule has 144 valence electrons. The highest BCUT2D eigenvalue weighted by Crippen LogP contribution is 2.56. The van der Waals surface area contributed by atoms with Crippen LogP contribution in [0.1, 0.15) is 22.7 Å². The van der Waals surface area contributed by atoms with Crippen LogP contribution in [-0.4, -0.2) is 52.0 Å². The fourth-order valence-electron chi connectivity index (χ4n) is 4.55. The number of hydrogen-bond donors (Lipinski definition) is 1. The van der Waals surface area contributed by atoms with Crippen molar-refractivity contribution in [3.05, 3.63) is 28.8 Å². The molecule has 0 bridgehead atoms. The second kappa shape index (κ2) is 6.53. The van der Waals surface area contributed by atoms with E-state index in [0.29, 0.717) is 23.0 Å². The Morgan fingerprint density at radius 3 is 2.30 bits per heavy atom. The maximum Gasteiger partial charge on any atom is 0.203 e. The standard InChI is InChI=1S/C21H25NO5/c1-22-7-6-11-8-15(23)20(26-4)18-12-10-16(24-2)21(27-5)19(25-3)13(12)9-14(22)17(11)18/h8,10,14,23H,6-7,9H2,1-5H3/t14-/m0/s1. The van der Waals surface area contributed by atoms with Gasteiger partial charge in [-0.05, 0) is 48.7 Å². The summed E-state index contributed by atoms with van der Waals surface area (Å²) in [5.74, 6) is 2.50. The molecule has 4 rings (SSSR count). The Balaban J connectivity index is 2.12. The molecule has 1 N–H and O–H groups in total. The van der Waals surface area contributed by atoms with E-state index in [-0.39, 0.29) is 11.8 Å². The van der Waals surface area contributed by atoms with E-state index in [0.717, 1.165) is 36.1 Å². The summed E-state index contributed by atoms with van der Waals surface area (Å²) in [6, 6.07) is 4.00. The summed E-state index contributed by atoms with van der Waals surface area (Å²) >= 11 is 0. The molecule has 0 unspecified atom stereocenters. The summed E-state index contributed by atoms with van der Waals surface area (Å²) in [5.41, 5.74) is 5.31. The number of phenols is 1. The van der Waals surface area contributed by atoms with Crippen LogP contribution in [0.25, 0.3) is 11.1 Å². The molecule has 1 aliphatic heterocycles. The van der Waals surface area contributed by atoms with Crippen LogP contribution in [0.3, 0.4) is 0 Å². The summed E-state index contributed by atoms with van der Waals surface area (Å²) in [6.07, 6.45) is 1.69. The van der Waals surface area contributed by atoms with Gasteiger partial charge in [-0.3, -0.25) is 4.90 Å². The van der Waals surface area contributed by atoms with E-state index < -0.39 is 0 Å². The zero-order chi connectivity index (χ0) is 19.3. The average Bonchev–Trinajstić information content (AvgIpc) is 2.68. The predicted octanol–water partition coefficient (Wildman–Crippen LogP) is 3.18. The summed E-state index contributed by atoms with van der Waals surface area (Å²) in [7, 11) is 8.59. The molecule has 6 nitrogen and oxygen atoms in total. The molecule has 2 aromatic carbocycles. The SMILES string of the molecule is COc1cc2c(c(OC)c1OC)C[C@H]1c3c(cc(O)c(OC)c3-2)CCN1C.